The summed E-state index contributed by atoms with van der Waals surface area (Å²) in [6, 6.07) is 13.4. The van der Waals surface area contributed by atoms with Crippen LogP contribution in [0.2, 0.25) is 5.02 Å². The average Bonchev–Trinajstić information content (AvgIpc) is 3.14. The van der Waals surface area contributed by atoms with Crippen molar-refractivity contribution in [2.45, 2.75) is 6.42 Å². The molecule has 0 bridgehead atoms. The molecule has 0 N–H and O–H groups in total. The van der Waals surface area contributed by atoms with E-state index in [0.29, 0.717) is 67.0 Å². The van der Waals surface area contributed by atoms with Crippen molar-refractivity contribution in [3.8, 4) is 22.9 Å². The van der Waals surface area contributed by atoms with Crippen LogP contribution in [0.4, 0.5) is 10.5 Å². The zero-order valence-electron chi connectivity index (χ0n) is 20.0. The highest BCUT2D eigenvalue weighted by molar-refractivity contribution is 6.33. The second kappa shape index (κ2) is 12.0. The number of aliphatic imine (C=N–C) groups is 1. The molecule has 2 fully saturated rings. The van der Waals surface area contributed by atoms with Crippen LogP contribution in [0.25, 0.3) is 11.1 Å². The van der Waals surface area contributed by atoms with Gasteiger partial charge in [-0.2, -0.15) is 5.26 Å². The molecule has 2 amide bonds. The molecule has 2 heterocycles. The summed E-state index contributed by atoms with van der Waals surface area (Å²) in [4.78, 5) is 23.5. The summed E-state index contributed by atoms with van der Waals surface area (Å²) in [6.07, 6.45) is 2.73. The van der Waals surface area contributed by atoms with E-state index in [1.165, 1.54) is 0 Å². The lowest BCUT2D eigenvalue weighted by atomic mass is 9.98. The van der Waals surface area contributed by atoms with E-state index in [1.807, 2.05) is 40.3 Å². The van der Waals surface area contributed by atoms with Gasteiger partial charge in [0.05, 0.1) is 31.6 Å². The maximum atomic E-state index is 12.8. The van der Waals surface area contributed by atoms with E-state index in [9.17, 15) is 10.1 Å². The predicted molar refractivity (Wildman–Crippen MR) is 137 cm³/mol. The van der Waals surface area contributed by atoms with Gasteiger partial charge in [-0.15, -0.1) is 0 Å². The number of carbonyl (C=O) groups is 1. The number of nitrogens with zero attached hydrogens (tertiary/aromatic N) is 5. The Morgan fingerprint density at radius 3 is 2.63 bits per heavy atom. The molecular formula is C26H30ClN5O3. The Morgan fingerprint density at radius 2 is 1.89 bits per heavy atom. The summed E-state index contributed by atoms with van der Waals surface area (Å²) in [6.45, 7) is 6.24. The van der Waals surface area contributed by atoms with Crippen molar-refractivity contribution in [1.82, 2.24) is 14.7 Å². The van der Waals surface area contributed by atoms with Gasteiger partial charge < -0.3 is 19.3 Å². The SMILES string of the molecule is COc1cc(N=CCN2CCCN(C(=O)N3CCOCC3)CC2)c(C#N)c(-c2ccccc2Cl)c1. The summed E-state index contributed by atoms with van der Waals surface area (Å²) in [5.41, 5.74) is 2.45. The van der Waals surface area contributed by atoms with Crippen molar-refractivity contribution in [2.24, 2.45) is 4.99 Å². The molecule has 184 valence electrons. The summed E-state index contributed by atoms with van der Waals surface area (Å²) >= 11 is 6.41. The molecule has 2 aliphatic rings. The van der Waals surface area contributed by atoms with Crippen LogP contribution in [0.5, 0.6) is 5.75 Å². The number of nitriles is 1. The first kappa shape index (κ1) is 25.0. The van der Waals surface area contributed by atoms with Crippen LogP contribution in [-0.2, 0) is 4.74 Å². The third kappa shape index (κ3) is 6.12. The standard InChI is InChI=1S/C26H30ClN5O3/c1-34-20-17-22(21-5-2-3-6-24(21)27)23(19-28)25(18-20)29-7-10-30-8-4-9-31(12-11-30)26(33)32-13-15-35-16-14-32/h2-3,5-7,17-18H,4,8-16H2,1H3. The fourth-order valence-corrected chi connectivity index (χ4v) is 4.62. The molecule has 2 saturated heterocycles. The van der Waals surface area contributed by atoms with Gasteiger partial charge in [-0.25, -0.2) is 4.79 Å². The molecule has 0 aromatic heterocycles. The van der Waals surface area contributed by atoms with E-state index in [2.05, 4.69) is 16.0 Å². The lowest BCUT2D eigenvalue weighted by Gasteiger charge is -2.32. The van der Waals surface area contributed by atoms with E-state index < -0.39 is 0 Å². The van der Waals surface area contributed by atoms with Crippen molar-refractivity contribution in [1.29, 1.82) is 5.26 Å². The third-order valence-electron chi connectivity index (χ3n) is 6.31. The molecule has 0 unspecified atom stereocenters. The van der Waals surface area contributed by atoms with Crippen LogP contribution in [0.1, 0.15) is 12.0 Å². The van der Waals surface area contributed by atoms with Gasteiger partial charge in [0.15, 0.2) is 0 Å². The first-order valence-electron chi connectivity index (χ1n) is 11.8. The maximum absolute atomic E-state index is 12.8. The van der Waals surface area contributed by atoms with Gasteiger partial charge in [0, 0.05) is 74.2 Å². The highest BCUT2D eigenvalue weighted by atomic mass is 35.5. The highest BCUT2D eigenvalue weighted by Gasteiger charge is 2.24. The second-order valence-corrected chi connectivity index (χ2v) is 8.90. The van der Waals surface area contributed by atoms with Crippen molar-refractivity contribution >= 4 is 29.5 Å². The number of urea groups is 1. The van der Waals surface area contributed by atoms with Crippen LogP contribution < -0.4 is 4.74 Å². The average molecular weight is 496 g/mol. The normalized spacial score (nSPS) is 17.3. The Bertz CT molecular complexity index is 1110. The van der Waals surface area contributed by atoms with Gasteiger partial charge in [0.25, 0.3) is 0 Å². The van der Waals surface area contributed by atoms with Crippen LogP contribution in [0, 0.1) is 11.3 Å². The minimum atomic E-state index is 0.103. The lowest BCUT2D eigenvalue weighted by molar-refractivity contribution is 0.0436. The molecule has 2 aromatic rings. The number of ether oxygens (including phenoxy) is 2. The first-order chi connectivity index (χ1) is 17.1. The third-order valence-corrected chi connectivity index (χ3v) is 6.64. The van der Waals surface area contributed by atoms with Crippen molar-refractivity contribution in [3.63, 3.8) is 0 Å². The largest absolute Gasteiger partial charge is 0.497 e. The van der Waals surface area contributed by atoms with Crippen molar-refractivity contribution in [2.75, 3.05) is 66.1 Å². The van der Waals surface area contributed by atoms with E-state index in [4.69, 9.17) is 21.1 Å². The van der Waals surface area contributed by atoms with E-state index >= 15 is 0 Å². The predicted octanol–water partition coefficient (Wildman–Crippen LogP) is 4.05. The van der Waals surface area contributed by atoms with E-state index in [-0.39, 0.29) is 6.03 Å². The highest BCUT2D eigenvalue weighted by Crippen LogP contribution is 2.38. The molecule has 2 aromatic carbocycles. The Morgan fingerprint density at radius 1 is 1.11 bits per heavy atom. The van der Waals surface area contributed by atoms with Gasteiger partial charge >= 0.3 is 6.03 Å². The molecule has 0 atom stereocenters. The number of rotatable bonds is 5. The Kier molecular flexibility index (Phi) is 8.59. The molecule has 9 heteroatoms. The topological polar surface area (TPSA) is 81.4 Å². The number of methoxy groups -OCH3 is 1. The lowest BCUT2D eigenvalue weighted by Crippen LogP contribution is -2.49. The summed E-state index contributed by atoms with van der Waals surface area (Å²) in [5.74, 6) is 0.609. The zero-order chi connectivity index (χ0) is 24.6. The first-order valence-corrected chi connectivity index (χ1v) is 12.2. The van der Waals surface area contributed by atoms with Gasteiger partial charge in [-0.1, -0.05) is 29.8 Å². The fourth-order valence-electron chi connectivity index (χ4n) is 4.38. The monoisotopic (exact) mass is 495 g/mol. The maximum Gasteiger partial charge on any atom is 0.320 e. The van der Waals surface area contributed by atoms with Crippen molar-refractivity contribution < 1.29 is 14.3 Å². The van der Waals surface area contributed by atoms with Gasteiger partial charge in [0.2, 0.25) is 0 Å². The number of carbonyl (C=O) groups excluding carboxylic acids is 1. The number of halogens is 1. The summed E-state index contributed by atoms with van der Waals surface area (Å²) in [5, 5.41) is 10.5. The Balaban J connectivity index is 1.44. The van der Waals surface area contributed by atoms with E-state index in [1.54, 1.807) is 19.2 Å². The van der Waals surface area contributed by atoms with Crippen LogP contribution in [0.15, 0.2) is 41.4 Å². The van der Waals surface area contributed by atoms with E-state index in [0.717, 1.165) is 31.6 Å². The number of hydrogen-bond acceptors (Lipinski definition) is 6. The number of benzene rings is 2. The molecule has 0 aliphatic carbocycles. The molecule has 2 aliphatic heterocycles. The van der Waals surface area contributed by atoms with Crippen LogP contribution in [0.3, 0.4) is 0 Å². The van der Waals surface area contributed by atoms with Gasteiger partial charge in [0.1, 0.15) is 11.8 Å². The van der Waals surface area contributed by atoms with Crippen LogP contribution in [-0.4, -0.2) is 93.1 Å². The summed E-state index contributed by atoms with van der Waals surface area (Å²) < 4.78 is 10.8. The smallest absolute Gasteiger partial charge is 0.320 e. The van der Waals surface area contributed by atoms with Gasteiger partial charge in [-0.05, 0) is 18.6 Å². The van der Waals surface area contributed by atoms with Crippen molar-refractivity contribution in [3.05, 3.63) is 47.0 Å². The molecule has 0 radical (unpaired) electrons. The van der Waals surface area contributed by atoms with Gasteiger partial charge in [-0.3, -0.25) is 9.89 Å². The number of hydrogen-bond donors (Lipinski definition) is 0. The summed E-state index contributed by atoms with van der Waals surface area (Å²) in [7, 11) is 1.59. The molecular weight excluding hydrogens is 466 g/mol. The Hall–Kier alpha value is -3.12. The fraction of sp³-hybridized carbons (Fsp3) is 0.423. The number of morpholine rings is 1. The molecule has 8 nitrogen and oxygen atoms in total. The minimum absolute atomic E-state index is 0.103. The quantitative estimate of drug-likeness (QED) is 0.584. The minimum Gasteiger partial charge on any atom is -0.497 e. The van der Waals surface area contributed by atoms with Crippen LogP contribution >= 0.6 is 11.6 Å². The molecule has 0 spiro atoms. The molecule has 4 rings (SSSR count). The Labute approximate surface area is 211 Å². The number of amides is 2. The zero-order valence-corrected chi connectivity index (χ0v) is 20.7. The molecule has 0 saturated carbocycles. The molecule has 35 heavy (non-hydrogen) atoms. The second-order valence-electron chi connectivity index (χ2n) is 8.50.